The van der Waals surface area contributed by atoms with Crippen LogP contribution in [0.5, 0.6) is 0 Å². The van der Waals surface area contributed by atoms with Crippen LogP contribution in [-0.2, 0) is 15.5 Å². The van der Waals surface area contributed by atoms with Crippen LogP contribution in [-0.4, -0.2) is 19.5 Å². The van der Waals surface area contributed by atoms with Crippen LogP contribution >= 0.6 is 0 Å². The van der Waals surface area contributed by atoms with Crippen LogP contribution in [0.1, 0.15) is 25.0 Å². The Kier molecular flexibility index (Phi) is 3.42. The van der Waals surface area contributed by atoms with Gasteiger partial charge in [-0.05, 0) is 18.6 Å². The normalized spacial score (nSPS) is 12.8. The fraction of sp³-hybridized carbons (Fsp3) is 0.455. The summed E-state index contributed by atoms with van der Waals surface area (Å²) >= 11 is 0. The average Bonchev–Trinajstić information content (AvgIpc) is 2.15. The fourth-order valence-corrected chi connectivity index (χ4v) is 2.34. The van der Waals surface area contributed by atoms with Crippen molar-refractivity contribution < 1.29 is 13.0 Å². The molecule has 1 aromatic rings. The number of hydrogen-bond acceptors (Lipinski definition) is 4. The third kappa shape index (κ3) is 2.61. The van der Waals surface area contributed by atoms with E-state index in [2.05, 4.69) is 0 Å². The van der Waals surface area contributed by atoms with Gasteiger partial charge in [0.1, 0.15) is 10.1 Å². The Labute approximate surface area is 96.2 Å². The second kappa shape index (κ2) is 4.16. The van der Waals surface area contributed by atoms with Gasteiger partial charge in [0.25, 0.3) is 0 Å². The first-order valence-corrected chi connectivity index (χ1v) is 6.36. The summed E-state index contributed by atoms with van der Waals surface area (Å²) in [4.78, 5) is -0.173. The number of nitrogens with two attached hydrogens (primary N) is 1. The van der Waals surface area contributed by atoms with Crippen molar-refractivity contribution in [2.24, 2.45) is 5.73 Å². The first-order valence-electron chi connectivity index (χ1n) is 4.95. The summed E-state index contributed by atoms with van der Waals surface area (Å²) in [6, 6.07) is 4.67. The van der Waals surface area contributed by atoms with Crippen LogP contribution < -0.4 is 5.73 Å². The van der Waals surface area contributed by atoms with Crippen LogP contribution in [0, 0.1) is 6.92 Å². The lowest BCUT2D eigenvalue weighted by Gasteiger charge is -2.27. The van der Waals surface area contributed by atoms with Gasteiger partial charge in [-0.25, -0.2) is 8.42 Å². The molecule has 1 rings (SSSR count). The van der Waals surface area contributed by atoms with Gasteiger partial charge in [-0.1, -0.05) is 31.5 Å². The topological polar surface area (TPSA) is 83.2 Å². The van der Waals surface area contributed by atoms with Gasteiger partial charge in [0.2, 0.25) is 0 Å². The summed E-state index contributed by atoms with van der Waals surface area (Å²) < 4.78 is 33.4. The van der Waals surface area contributed by atoms with Gasteiger partial charge >= 0.3 is 0 Å². The van der Waals surface area contributed by atoms with E-state index >= 15 is 0 Å². The van der Waals surface area contributed by atoms with Gasteiger partial charge in [0.15, 0.2) is 0 Å². The van der Waals surface area contributed by atoms with Crippen LogP contribution in [0.25, 0.3) is 0 Å². The molecular weight excluding hydrogens is 226 g/mol. The largest absolute Gasteiger partial charge is 0.744 e. The SMILES string of the molecule is Cc1ccc(S(=O)(=O)[O-])c(C(C)(C)CN)c1. The lowest BCUT2D eigenvalue weighted by Crippen LogP contribution is -2.30. The van der Waals surface area contributed by atoms with Crippen molar-refractivity contribution in [2.75, 3.05) is 6.54 Å². The zero-order chi connectivity index (χ0) is 12.6. The third-order valence-corrected chi connectivity index (χ3v) is 3.54. The molecule has 0 saturated heterocycles. The molecule has 0 radical (unpaired) electrons. The zero-order valence-corrected chi connectivity index (χ0v) is 10.5. The number of benzene rings is 1. The second-order valence-electron chi connectivity index (χ2n) is 4.54. The number of hydrogen-bond donors (Lipinski definition) is 1. The van der Waals surface area contributed by atoms with Crippen molar-refractivity contribution >= 4 is 10.1 Å². The Morgan fingerprint density at radius 2 is 1.94 bits per heavy atom. The molecule has 0 amide bonds. The van der Waals surface area contributed by atoms with E-state index in [1.165, 1.54) is 6.07 Å². The molecular formula is C11H16NO3S-. The van der Waals surface area contributed by atoms with Crippen molar-refractivity contribution in [3.63, 3.8) is 0 Å². The van der Waals surface area contributed by atoms with Gasteiger partial charge in [0, 0.05) is 12.0 Å². The molecule has 0 saturated carbocycles. The van der Waals surface area contributed by atoms with Gasteiger partial charge in [-0.3, -0.25) is 0 Å². The molecule has 0 fully saturated rings. The molecule has 4 nitrogen and oxygen atoms in total. The van der Waals surface area contributed by atoms with Gasteiger partial charge in [-0.2, -0.15) is 0 Å². The smallest absolute Gasteiger partial charge is 0.124 e. The van der Waals surface area contributed by atoms with Crippen LogP contribution in [0.2, 0.25) is 0 Å². The molecule has 16 heavy (non-hydrogen) atoms. The zero-order valence-electron chi connectivity index (χ0n) is 9.65. The van der Waals surface area contributed by atoms with Crippen molar-refractivity contribution in [1.29, 1.82) is 0 Å². The van der Waals surface area contributed by atoms with E-state index in [9.17, 15) is 13.0 Å². The van der Waals surface area contributed by atoms with Gasteiger partial charge in [-0.15, -0.1) is 0 Å². The van der Waals surface area contributed by atoms with Crippen molar-refractivity contribution in [2.45, 2.75) is 31.1 Å². The summed E-state index contributed by atoms with van der Waals surface area (Å²) in [5.41, 5.74) is 6.47. The average molecular weight is 242 g/mol. The molecule has 0 aliphatic rings. The highest BCUT2D eigenvalue weighted by atomic mass is 32.2. The predicted molar refractivity (Wildman–Crippen MR) is 61.2 cm³/mol. The maximum absolute atomic E-state index is 11.1. The quantitative estimate of drug-likeness (QED) is 0.805. The van der Waals surface area contributed by atoms with E-state index in [1.54, 1.807) is 12.1 Å². The van der Waals surface area contributed by atoms with E-state index in [0.717, 1.165) is 5.56 Å². The Morgan fingerprint density at radius 3 is 2.38 bits per heavy atom. The second-order valence-corrected chi connectivity index (χ2v) is 5.89. The van der Waals surface area contributed by atoms with Crippen LogP contribution in [0.3, 0.4) is 0 Å². The summed E-state index contributed by atoms with van der Waals surface area (Å²) in [7, 11) is -4.45. The standard InChI is InChI=1S/C11H17NO3S/c1-8-4-5-10(16(13,14)15)9(6-8)11(2,3)7-12/h4-6H,7,12H2,1-3H3,(H,13,14,15)/p-1. The highest BCUT2D eigenvalue weighted by Crippen LogP contribution is 2.29. The maximum atomic E-state index is 11.1. The van der Waals surface area contributed by atoms with E-state index in [1.807, 2.05) is 20.8 Å². The van der Waals surface area contributed by atoms with Crippen LogP contribution in [0.4, 0.5) is 0 Å². The third-order valence-electron chi connectivity index (χ3n) is 2.64. The van der Waals surface area contributed by atoms with Crippen LogP contribution in [0.15, 0.2) is 23.1 Å². The Morgan fingerprint density at radius 1 is 1.38 bits per heavy atom. The predicted octanol–water partition coefficient (Wildman–Crippen LogP) is 1.14. The fourth-order valence-electron chi connectivity index (χ4n) is 1.50. The summed E-state index contributed by atoms with van der Waals surface area (Å²) in [6.07, 6.45) is 0. The van der Waals surface area contributed by atoms with E-state index in [-0.39, 0.29) is 11.4 Å². The molecule has 0 atom stereocenters. The monoisotopic (exact) mass is 242 g/mol. The van der Waals surface area contributed by atoms with Gasteiger partial charge in [0.05, 0.1) is 4.90 Å². The molecule has 0 spiro atoms. The molecule has 5 heteroatoms. The molecule has 0 bridgehead atoms. The molecule has 1 aromatic carbocycles. The van der Waals surface area contributed by atoms with Crippen molar-refractivity contribution in [3.8, 4) is 0 Å². The van der Waals surface area contributed by atoms with E-state index in [4.69, 9.17) is 5.73 Å². The minimum Gasteiger partial charge on any atom is -0.744 e. The van der Waals surface area contributed by atoms with Crippen molar-refractivity contribution in [3.05, 3.63) is 29.3 Å². The van der Waals surface area contributed by atoms with Crippen molar-refractivity contribution in [1.82, 2.24) is 0 Å². The summed E-state index contributed by atoms with van der Waals surface area (Å²) in [5.74, 6) is 0. The lowest BCUT2D eigenvalue weighted by molar-refractivity contribution is 0.454. The molecule has 0 aliphatic heterocycles. The Hall–Kier alpha value is -0.910. The molecule has 0 aromatic heterocycles. The molecule has 0 aliphatic carbocycles. The lowest BCUT2D eigenvalue weighted by atomic mass is 9.84. The highest BCUT2D eigenvalue weighted by molar-refractivity contribution is 7.85. The Bertz CT molecular complexity index is 492. The number of aryl methyl sites for hydroxylation is 1. The summed E-state index contributed by atoms with van der Waals surface area (Å²) in [6.45, 7) is 5.75. The first-order chi connectivity index (χ1) is 7.18. The van der Waals surface area contributed by atoms with E-state index in [0.29, 0.717) is 5.56 Å². The molecule has 0 unspecified atom stereocenters. The molecule has 2 N–H and O–H groups in total. The minimum atomic E-state index is -4.45. The molecule has 90 valence electrons. The maximum Gasteiger partial charge on any atom is 0.124 e. The van der Waals surface area contributed by atoms with E-state index < -0.39 is 15.5 Å². The van der Waals surface area contributed by atoms with Gasteiger partial charge < -0.3 is 10.3 Å². The number of rotatable bonds is 3. The minimum absolute atomic E-state index is 0.173. The summed E-state index contributed by atoms with van der Waals surface area (Å²) in [5, 5.41) is 0. The highest BCUT2D eigenvalue weighted by Gasteiger charge is 2.24. The Balaban J connectivity index is 3.54. The molecule has 0 heterocycles. The first kappa shape index (κ1) is 13.2.